The standard InChI is InChI=1S/C16H33N3O3S/c1-12(2)15-16(11-19(15)5)9-13(14(20)10-16)17-23(21,22)8-6-7-18(3)4/h12-15,17,20H,6-11H2,1-5H3/t13-,14-,15?,16?/m1/s1. The zero-order chi connectivity index (χ0) is 17.4. The number of aliphatic hydroxyl groups is 1. The molecular formula is C16H33N3O3S. The van der Waals surface area contributed by atoms with Gasteiger partial charge in [0, 0.05) is 24.0 Å². The Bertz CT molecular complexity index is 504. The van der Waals surface area contributed by atoms with E-state index in [1.54, 1.807) is 0 Å². The number of nitrogens with zero attached hydrogens (tertiary/aromatic N) is 2. The molecule has 2 N–H and O–H groups in total. The number of hydrogen-bond acceptors (Lipinski definition) is 5. The average molecular weight is 348 g/mol. The van der Waals surface area contributed by atoms with Crippen LogP contribution in [0.25, 0.3) is 0 Å². The van der Waals surface area contributed by atoms with Gasteiger partial charge in [0.25, 0.3) is 0 Å². The van der Waals surface area contributed by atoms with E-state index in [0.29, 0.717) is 24.8 Å². The van der Waals surface area contributed by atoms with Crippen LogP contribution in [0, 0.1) is 11.3 Å². The summed E-state index contributed by atoms with van der Waals surface area (Å²) in [6, 6.07) is 0.0923. The van der Waals surface area contributed by atoms with Crippen LogP contribution in [0.3, 0.4) is 0 Å². The molecule has 1 heterocycles. The van der Waals surface area contributed by atoms with Gasteiger partial charge in [-0.3, -0.25) is 0 Å². The van der Waals surface area contributed by atoms with Crippen molar-refractivity contribution in [2.24, 2.45) is 11.3 Å². The van der Waals surface area contributed by atoms with Crippen molar-refractivity contribution in [2.45, 2.75) is 51.3 Å². The van der Waals surface area contributed by atoms with Crippen LogP contribution >= 0.6 is 0 Å². The van der Waals surface area contributed by atoms with Gasteiger partial charge in [-0.2, -0.15) is 0 Å². The molecule has 2 unspecified atom stereocenters. The summed E-state index contributed by atoms with van der Waals surface area (Å²) in [5.41, 5.74) is 0.0686. The summed E-state index contributed by atoms with van der Waals surface area (Å²) in [6.07, 6.45) is 1.47. The Kier molecular flexibility index (Phi) is 5.78. The summed E-state index contributed by atoms with van der Waals surface area (Å²) in [5.74, 6) is 0.631. The first-order valence-electron chi connectivity index (χ1n) is 8.59. The van der Waals surface area contributed by atoms with E-state index in [1.807, 2.05) is 19.0 Å². The van der Waals surface area contributed by atoms with Gasteiger partial charge in [0.1, 0.15) is 0 Å². The van der Waals surface area contributed by atoms with E-state index >= 15 is 0 Å². The van der Waals surface area contributed by atoms with Crippen molar-refractivity contribution in [3.63, 3.8) is 0 Å². The van der Waals surface area contributed by atoms with Crippen molar-refractivity contribution in [1.29, 1.82) is 0 Å². The van der Waals surface area contributed by atoms with Crippen LogP contribution in [-0.2, 0) is 10.0 Å². The number of likely N-dealkylation sites (tertiary alicyclic amines) is 1. The molecule has 2 fully saturated rings. The van der Waals surface area contributed by atoms with Crippen molar-refractivity contribution in [3.8, 4) is 0 Å². The molecule has 1 spiro atoms. The van der Waals surface area contributed by atoms with Gasteiger partial charge >= 0.3 is 0 Å². The highest BCUT2D eigenvalue weighted by atomic mass is 32.2. The highest BCUT2D eigenvalue weighted by molar-refractivity contribution is 7.89. The average Bonchev–Trinajstić information content (AvgIpc) is 2.64. The smallest absolute Gasteiger partial charge is 0.211 e. The second kappa shape index (κ2) is 6.96. The van der Waals surface area contributed by atoms with E-state index in [4.69, 9.17) is 0 Å². The van der Waals surface area contributed by atoms with Gasteiger partial charge < -0.3 is 14.9 Å². The molecule has 2 aliphatic rings. The van der Waals surface area contributed by atoms with Crippen LogP contribution in [0.15, 0.2) is 0 Å². The van der Waals surface area contributed by atoms with Crippen molar-refractivity contribution in [2.75, 3.05) is 40.0 Å². The minimum atomic E-state index is -3.33. The molecule has 1 saturated heterocycles. The number of sulfonamides is 1. The molecule has 0 amide bonds. The van der Waals surface area contributed by atoms with Crippen LogP contribution < -0.4 is 4.72 Å². The lowest BCUT2D eigenvalue weighted by atomic mass is 9.66. The summed E-state index contributed by atoms with van der Waals surface area (Å²) in [7, 11) is 2.65. The molecule has 7 heteroatoms. The third-order valence-electron chi connectivity index (χ3n) is 5.35. The molecule has 0 aromatic heterocycles. The predicted molar refractivity (Wildman–Crippen MR) is 92.8 cm³/mol. The third kappa shape index (κ3) is 4.25. The van der Waals surface area contributed by atoms with Gasteiger partial charge in [0.2, 0.25) is 10.0 Å². The zero-order valence-corrected chi connectivity index (χ0v) is 15.9. The van der Waals surface area contributed by atoms with E-state index in [0.717, 1.165) is 19.5 Å². The topological polar surface area (TPSA) is 72.9 Å². The molecule has 0 bridgehead atoms. The van der Waals surface area contributed by atoms with Crippen LogP contribution in [0.1, 0.15) is 33.1 Å². The highest BCUT2D eigenvalue weighted by Crippen LogP contribution is 2.52. The first-order valence-corrected chi connectivity index (χ1v) is 10.2. The third-order valence-corrected chi connectivity index (χ3v) is 6.84. The second-order valence-electron chi connectivity index (χ2n) is 8.14. The lowest BCUT2D eigenvalue weighted by Crippen LogP contribution is -2.64. The van der Waals surface area contributed by atoms with Crippen molar-refractivity contribution < 1.29 is 13.5 Å². The zero-order valence-electron chi connectivity index (χ0n) is 15.1. The number of aliphatic hydroxyl groups excluding tert-OH is 1. The Morgan fingerprint density at radius 1 is 1.35 bits per heavy atom. The van der Waals surface area contributed by atoms with Gasteiger partial charge in [0.05, 0.1) is 11.9 Å². The Labute approximate surface area is 141 Å². The fourth-order valence-corrected chi connectivity index (χ4v) is 6.16. The van der Waals surface area contributed by atoms with Gasteiger partial charge in [-0.05, 0) is 52.9 Å². The molecular weight excluding hydrogens is 314 g/mol. The number of hydrogen-bond donors (Lipinski definition) is 2. The number of nitrogens with one attached hydrogen (secondary N) is 1. The minimum absolute atomic E-state index is 0.0686. The van der Waals surface area contributed by atoms with Gasteiger partial charge in [-0.25, -0.2) is 13.1 Å². The summed E-state index contributed by atoms with van der Waals surface area (Å²) in [4.78, 5) is 4.30. The molecule has 136 valence electrons. The summed E-state index contributed by atoms with van der Waals surface area (Å²) in [6.45, 7) is 6.10. The summed E-state index contributed by atoms with van der Waals surface area (Å²) < 4.78 is 27.3. The molecule has 4 atom stereocenters. The molecule has 1 saturated carbocycles. The lowest BCUT2D eigenvalue weighted by Gasteiger charge is -2.57. The minimum Gasteiger partial charge on any atom is -0.391 e. The maximum Gasteiger partial charge on any atom is 0.211 e. The van der Waals surface area contributed by atoms with E-state index in [9.17, 15) is 13.5 Å². The summed E-state index contributed by atoms with van der Waals surface area (Å²) in [5, 5.41) is 10.4. The van der Waals surface area contributed by atoms with E-state index < -0.39 is 16.1 Å². The lowest BCUT2D eigenvalue weighted by molar-refractivity contribution is -0.0827. The molecule has 0 aromatic carbocycles. The van der Waals surface area contributed by atoms with Crippen LogP contribution in [0.5, 0.6) is 0 Å². The van der Waals surface area contributed by atoms with Gasteiger partial charge in [0.15, 0.2) is 0 Å². The van der Waals surface area contributed by atoms with Crippen molar-refractivity contribution in [1.82, 2.24) is 14.5 Å². The molecule has 0 aromatic rings. The molecule has 0 radical (unpaired) electrons. The molecule has 2 rings (SSSR count). The fraction of sp³-hybridized carbons (Fsp3) is 1.00. The van der Waals surface area contributed by atoms with Crippen LogP contribution in [0.2, 0.25) is 0 Å². The molecule has 6 nitrogen and oxygen atoms in total. The first kappa shape index (κ1) is 19.1. The Morgan fingerprint density at radius 2 is 2.00 bits per heavy atom. The van der Waals surface area contributed by atoms with E-state index in [2.05, 4.69) is 30.5 Å². The van der Waals surface area contributed by atoms with Crippen molar-refractivity contribution >= 4 is 10.0 Å². The Balaban J connectivity index is 1.94. The Morgan fingerprint density at radius 3 is 2.52 bits per heavy atom. The van der Waals surface area contributed by atoms with Gasteiger partial charge in [-0.15, -0.1) is 0 Å². The summed E-state index contributed by atoms with van der Waals surface area (Å²) >= 11 is 0. The van der Waals surface area contributed by atoms with Gasteiger partial charge in [-0.1, -0.05) is 13.8 Å². The fourth-order valence-electron chi connectivity index (χ4n) is 4.83. The SMILES string of the molecule is CC(C)C1N(C)CC12C[C@@H](O)[C@H](NS(=O)(=O)CCCN(C)C)C2. The number of rotatable bonds is 7. The largest absolute Gasteiger partial charge is 0.391 e. The molecule has 1 aliphatic carbocycles. The second-order valence-corrected chi connectivity index (χ2v) is 10.0. The normalized spacial score (nSPS) is 35.4. The Hall–Kier alpha value is -0.210. The van der Waals surface area contributed by atoms with Crippen molar-refractivity contribution in [3.05, 3.63) is 0 Å². The quantitative estimate of drug-likeness (QED) is 0.695. The predicted octanol–water partition coefficient (Wildman–Crippen LogP) is 0.337. The first-order chi connectivity index (χ1) is 10.6. The monoisotopic (exact) mass is 347 g/mol. The van der Waals surface area contributed by atoms with Crippen LogP contribution in [-0.4, -0.2) is 81.5 Å². The molecule has 1 aliphatic heterocycles. The van der Waals surface area contributed by atoms with Crippen LogP contribution in [0.4, 0.5) is 0 Å². The highest BCUT2D eigenvalue weighted by Gasteiger charge is 2.58. The van der Waals surface area contributed by atoms with E-state index in [1.165, 1.54) is 0 Å². The molecule has 23 heavy (non-hydrogen) atoms. The van der Waals surface area contributed by atoms with E-state index in [-0.39, 0.29) is 17.2 Å². The maximum absolute atomic E-state index is 12.3. The maximum atomic E-state index is 12.3.